The molecule has 136 valence electrons. The molecule has 2 aromatic rings. The van der Waals surface area contributed by atoms with Gasteiger partial charge >= 0.3 is 11.9 Å². The van der Waals surface area contributed by atoms with Crippen LogP contribution in [0.2, 0.25) is 0 Å². The number of hydrogen-bond acceptors (Lipinski definition) is 7. The van der Waals surface area contributed by atoms with Gasteiger partial charge in [-0.25, -0.2) is 14.6 Å². The highest BCUT2D eigenvalue weighted by atomic mass is 16.5. The zero-order valence-corrected chi connectivity index (χ0v) is 14.9. The Morgan fingerprint density at radius 1 is 1.00 bits per heavy atom. The second-order valence-electron chi connectivity index (χ2n) is 5.86. The first kappa shape index (κ1) is 19.1. The maximum Gasteiger partial charge on any atom is 0.357 e. The number of aromatic hydroxyl groups is 1. The molecule has 0 bridgehead atoms. The summed E-state index contributed by atoms with van der Waals surface area (Å²) >= 11 is 0. The van der Waals surface area contributed by atoms with Crippen LogP contribution >= 0.6 is 0 Å². The first-order valence-corrected chi connectivity index (χ1v) is 7.84. The highest BCUT2D eigenvalue weighted by molar-refractivity contribution is 6.12. The Kier molecular flexibility index (Phi) is 5.71. The van der Waals surface area contributed by atoms with Gasteiger partial charge in [0, 0.05) is 11.8 Å². The second-order valence-corrected chi connectivity index (χ2v) is 5.86. The molecule has 0 atom stereocenters. The van der Waals surface area contributed by atoms with Crippen LogP contribution in [0.5, 0.6) is 5.75 Å². The van der Waals surface area contributed by atoms with E-state index in [4.69, 9.17) is 0 Å². The number of phenolic OH excluding ortho intramolecular Hbond substituents is 1. The maximum absolute atomic E-state index is 12.8. The minimum absolute atomic E-state index is 0.0364. The van der Waals surface area contributed by atoms with Crippen LogP contribution in [0.25, 0.3) is 0 Å². The van der Waals surface area contributed by atoms with Gasteiger partial charge in [0.1, 0.15) is 5.75 Å². The first-order valence-electron chi connectivity index (χ1n) is 7.84. The largest absolute Gasteiger partial charge is 0.507 e. The molecule has 0 fully saturated rings. The third-order valence-corrected chi connectivity index (χ3v) is 3.87. The fourth-order valence-corrected chi connectivity index (χ4v) is 2.36. The van der Waals surface area contributed by atoms with Crippen molar-refractivity contribution in [2.24, 2.45) is 0 Å². The van der Waals surface area contributed by atoms with E-state index in [0.717, 1.165) is 26.0 Å². The smallest absolute Gasteiger partial charge is 0.357 e. The van der Waals surface area contributed by atoms with Crippen LogP contribution in [-0.4, -0.2) is 42.0 Å². The molecule has 0 spiro atoms. The predicted octanol–water partition coefficient (Wildman–Crippen LogP) is 2.71. The monoisotopic (exact) mass is 357 g/mol. The number of phenols is 1. The van der Waals surface area contributed by atoms with Crippen LogP contribution in [0.1, 0.15) is 62.1 Å². The van der Waals surface area contributed by atoms with Crippen molar-refractivity contribution >= 4 is 17.7 Å². The number of methoxy groups -OCH3 is 2. The molecule has 0 unspecified atom stereocenters. The summed E-state index contributed by atoms with van der Waals surface area (Å²) in [4.78, 5) is 40.4. The van der Waals surface area contributed by atoms with E-state index in [1.165, 1.54) is 12.1 Å². The number of carbonyl (C=O) groups excluding carboxylic acids is 3. The standard InChI is InChI=1S/C19H19NO6/c1-10(2)11-5-6-15(21)13(7-11)17(22)12-8-14(18(23)25-3)16(20-9-12)19(24)26-4/h5-10,21H,1-4H3. The van der Waals surface area contributed by atoms with Crippen LogP contribution in [0.4, 0.5) is 0 Å². The third-order valence-electron chi connectivity index (χ3n) is 3.87. The summed E-state index contributed by atoms with van der Waals surface area (Å²) in [7, 11) is 2.30. The number of nitrogens with zero attached hydrogens (tertiary/aromatic N) is 1. The summed E-state index contributed by atoms with van der Waals surface area (Å²) in [5.74, 6) is -2.20. The van der Waals surface area contributed by atoms with Gasteiger partial charge < -0.3 is 14.6 Å². The zero-order valence-electron chi connectivity index (χ0n) is 14.9. The van der Waals surface area contributed by atoms with Crippen LogP contribution in [0.15, 0.2) is 30.5 Å². The minimum Gasteiger partial charge on any atom is -0.507 e. The van der Waals surface area contributed by atoms with Gasteiger partial charge in [0.2, 0.25) is 0 Å². The number of pyridine rings is 1. The van der Waals surface area contributed by atoms with Gasteiger partial charge in [-0.1, -0.05) is 19.9 Å². The molecule has 1 aromatic carbocycles. The van der Waals surface area contributed by atoms with E-state index < -0.39 is 17.7 Å². The maximum atomic E-state index is 12.8. The summed E-state index contributed by atoms with van der Waals surface area (Å²) in [6, 6.07) is 5.97. The number of esters is 2. The number of benzene rings is 1. The van der Waals surface area contributed by atoms with Crippen molar-refractivity contribution in [2.75, 3.05) is 14.2 Å². The lowest BCUT2D eigenvalue weighted by Gasteiger charge is -2.11. The van der Waals surface area contributed by atoms with Gasteiger partial charge in [-0.2, -0.15) is 0 Å². The first-order chi connectivity index (χ1) is 12.3. The van der Waals surface area contributed by atoms with Gasteiger partial charge in [-0.15, -0.1) is 0 Å². The van der Waals surface area contributed by atoms with E-state index in [1.807, 2.05) is 13.8 Å². The number of carbonyl (C=O) groups is 3. The van der Waals surface area contributed by atoms with Crippen LogP contribution in [-0.2, 0) is 9.47 Å². The minimum atomic E-state index is -0.826. The lowest BCUT2D eigenvalue weighted by Crippen LogP contribution is -2.16. The Labute approximate surface area is 150 Å². The molecule has 1 aromatic heterocycles. The molecule has 0 aliphatic carbocycles. The quantitative estimate of drug-likeness (QED) is 0.648. The molecule has 0 saturated heterocycles. The van der Waals surface area contributed by atoms with E-state index in [0.29, 0.717) is 0 Å². The number of ether oxygens (including phenoxy) is 2. The fraction of sp³-hybridized carbons (Fsp3) is 0.263. The van der Waals surface area contributed by atoms with Crippen molar-refractivity contribution in [3.8, 4) is 5.75 Å². The molecule has 1 N–H and O–H groups in total. The Bertz CT molecular complexity index is 872. The number of ketones is 1. The molecular weight excluding hydrogens is 338 g/mol. The summed E-state index contributed by atoms with van der Waals surface area (Å²) < 4.78 is 9.22. The van der Waals surface area contributed by atoms with Crippen molar-refractivity contribution < 1.29 is 29.0 Å². The van der Waals surface area contributed by atoms with Crippen molar-refractivity contribution in [3.05, 3.63) is 58.4 Å². The Morgan fingerprint density at radius 2 is 1.65 bits per heavy atom. The van der Waals surface area contributed by atoms with Gasteiger partial charge in [0.15, 0.2) is 11.5 Å². The van der Waals surface area contributed by atoms with Gasteiger partial charge in [0.05, 0.1) is 25.3 Å². The molecular formula is C19H19NO6. The normalized spacial score (nSPS) is 10.5. The van der Waals surface area contributed by atoms with Crippen molar-refractivity contribution in [3.63, 3.8) is 0 Å². The lowest BCUT2D eigenvalue weighted by atomic mass is 9.95. The third kappa shape index (κ3) is 3.72. The molecule has 0 aliphatic heterocycles. The Morgan fingerprint density at radius 3 is 2.23 bits per heavy atom. The lowest BCUT2D eigenvalue weighted by molar-refractivity contribution is 0.0549. The van der Waals surface area contributed by atoms with Gasteiger partial charge in [-0.3, -0.25) is 4.79 Å². The predicted molar refractivity (Wildman–Crippen MR) is 92.5 cm³/mol. The van der Waals surface area contributed by atoms with E-state index in [9.17, 15) is 19.5 Å². The molecule has 2 rings (SSSR count). The van der Waals surface area contributed by atoms with Gasteiger partial charge in [0.25, 0.3) is 0 Å². The average Bonchev–Trinajstić information content (AvgIpc) is 2.65. The molecule has 0 amide bonds. The van der Waals surface area contributed by atoms with E-state index in [1.54, 1.807) is 12.1 Å². The van der Waals surface area contributed by atoms with Crippen molar-refractivity contribution in [1.29, 1.82) is 0 Å². The highest BCUT2D eigenvalue weighted by Gasteiger charge is 2.24. The molecule has 0 aliphatic rings. The number of rotatable bonds is 5. The molecule has 7 nitrogen and oxygen atoms in total. The second kappa shape index (κ2) is 7.77. The average molecular weight is 357 g/mol. The van der Waals surface area contributed by atoms with Gasteiger partial charge in [-0.05, 0) is 29.7 Å². The fourth-order valence-electron chi connectivity index (χ4n) is 2.36. The summed E-state index contributed by atoms with van der Waals surface area (Å²) in [6.45, 7) is 3.92. The number of aromatic nitrogens is 1. The number of hydrogen-bond donors (Lipinski definition) is 1. The summed E-state index contributed by atoms with van der Waals surface area (Å²) in [6.07, 6.45) is 1.16. The van der Waals surface area contributed by atoms with E-state index in [-0.39, 0.29) is 34.1 Å². The van der Waals surface area contributed by atoms with Crippen LogP contribution < -0.4 is 0 Å². The summed E-state index contributed by atoms with van der Waals surface area (Å²) in [5.41, 5.74) is 0.549. The van der Waals surface area contributed by atoms with Crippen LogP contribution in [0, 0.1) is 0 Å². The molecule has 0 saturated carbocycles. The SMILES string of the molecule is COC(=O)c1cc(C(=O)c2cc(C(C)C)ccc2O)cnc1C(=O)OC. The Hall–Kier alpha value is -3.22. The van der Waals surface area contributed by atoms with Crippen molar-refractivity contribution in [2.45, 2.75) is 19.8 Å². The Balaban J connectivity index is 2.55. The highest BCUT2D eigenvalue weighted by Crippen LogP contribution is 2.26. The molecule has 1 heterocycles. The van der Waals surface area contributed by atoms with Crippen LogP contribution in [0.3, 0.4) is 0 Å². The molecule has 0 radical (unpaired) electrons. The zero-order chi connectivity index (χ0) is 19.4. The molecule has 26 heavy (non-hydrogen) atoms. The molecule has 7 heteroatoms. The van der Waals surface area contributed by atoms with E-state index in [2.05, 4.69) is 14.5 Å². The van der Waals surface area contributed by atoms with E-state index >= 15 is 0 Å². The summed E-state index contributed by atoms with van der Waals surface area (Å²) in [5, 5.41) is 10.0. The van der Waals surface area contributed by atoms with Crippen molar-refractivity contribution in [1.82, 2.24) is 4.98 Å². The topological polar surface area (TPSA) is 103 Å².